The predicted molar refractivity (Wildman–Crippen MR) is 99.6 cm³/mol. The van der Waals surface area contributed by atoms with Crippen LogP contribution in [-0.2, 0) is 16.1 Å². The number of carbonyl (C=O) groups excluding carboxylic acids is 1. The summed E-state index contributed by atoms with van der Waals surface area (Å²) in [5.41, 5.74) is 6.17. The number of rotatable bonds is 9. The number of anilines is 1. The third-order valence-corrected chi connectivity index (χ3v) is 3.18. The van der Waals surface area contributed by atoms with Crippen LogP contribution < -0.4 is 15.8 Å². The molecule has 0 radical (unpaired) electrons. The molecule has 0 aliphatic rings. The van der Waals surface area contributed by atoms with Gasteiger partial charge in [0.1, 0.15) is 25.0 Å². The number of aromatic nitrogens is 3. The summed E-state index contributed by atoms with van der Waals surface area (Å²) in [5, 5.41) is 6.80. The van der Waals surface area contributed by atoms with E-state index in [0.29, 0.717) is 31.1 Å². The second kappa shape index (κ2) is 12.5. The Balaban J connectivity index is 0.00000288. The highest BCUT2D eigenvalue weighted by Gasteiger charge is 2.11. The summed E-state index contributed by atoms with van der Waals surface area (Å²) in [4.78, 5) is 15.8. The number of nitrogens with zero attached hydrogens (tertiary/aromatic N) is 3. The highest BCUT2D eigenvalue weighted by Crippen LogP contribution is 2.17. The van der Waals surface area contributed by atoms with E-state index in [1.165, 1.54) is 13.4 Å². The smallest absolute Gasteiger partial charge is 0.227 e. The predicted octanol–water partition coefficient (Wildman–Crippen LogP) is 1.50. The number of halogens is 2. The lowest BCUT2D eigenvalue weighted by atomic mass is 10.2. The summed E-state index contributed by atoms with van der Waals surface area (Å²) in [6, 6.07) is 7.21. The Kier molecular flexibility index (Phi) is 11.6. The van der Waals surface area contributed by atoms with Crippen molar-refractivity contribution < 1.29 is 14.3 Å². The summed E-state index contributed by atoms with van der Waals surface area (Å²) in [6.07, 6.45) is 3.04. The van der Waals surface area contributed by atoms with Crippen molar-refractivity contribution in [2.75, 3.05) is 25.6 Å². The lowest BCUT2D eigenvalue weighted by Crippen LogP contribution is -2.28. The van der Waals surface area contributed by atoms with Gasteiger partial charge < -0.3 is 20.5 Å². The van der Waals surface area contributed by atoms with Gasteiger partial charge in [0.15, 0.2) is 0 Å². The number of methoxy groups -OCH3 is 1. The average molecular weight is 392 g/mol. The van der Waals surface area contributed by atoms with Crippen LogP contribution in [0.4, 0.5) is 5.69 Å². The fourth-order valence-corrected chi connectivity index (χ4v) is 1.95. The number of benzene rings is 1. The normalized spacial score (nSPS) is 11.0. The molecule has 1 unspecified atom stereocenters. The van der Waals surface area contributed by atoms with E-state index < -0.39 is 0 Å². The molecule has 0 spiro atoms. The number of carbonyl (C=O) groups is 1. The molecule has 1 amide bonds. The minimum absolute atomic E-state index is 0. The van der Waals surface area contributed by atoms with Crippen LogP contribution in [0.15, 0.2) is 36.9 Å². The maximum absolute atomic E-state index is 11.9. The third-order valence-electron chi connectivity index (χ3n) is 3.18. The zero-order valence-electron chi connectivity index (χ0n) is 13.8. The second-order valence-electron chi connectivity index (χ2n) is 4.88. The molecule has 0 saturated carbocycles. The highest BCUT2D eigenvalue weighted by atomic mass is 35.5. The molecule has 2 aromatic rings. The number of hydrogen-bond acceptors (Lipinski definition) is 6. The molecule has 10 heteroatoms. The first-order valence-corrected chi connectivity index (χ1v) is 7.29. The Morgan fingerprint density at radius 1 is 1.40 bits per heavy atom. The van der Waals surface area contributed by atoms with Crippen molar-refractivity contribution in [2.45, 2.75) is 19.1 Å². The van der Waals surface area contributed by atoms with Gasteiger partial charge in [-0.25, -0.2) is 9.67 Å². The van der Waals surface area contributed by atoms with Crippen LogP contribution in [0, 0.1) is 0 Å². The Labute approximate surface area is 158 Å². The molecule has 1 aromatic heterocycles. The SMILES string of the molecule is COC(CN)CC(=O)Nc1cccc(OCCn2cncn2)c1.Cl.Cl. The minimum atomic E-state index is -0.280. The molecule has 0 fully saturated rings. The lowest BCUT2D eigenvalue weighted by molar-refractivity contribution is -0.118. The lowest BCUT2D eigenvalue weighted by Gasteiger charge is -2.13. The van der Waals surface area contributed by atoms with E-state index in [1.807, 2.05) is 12.1 Å². The molecule has 140 valence electrons. The quantitative estimate of drug-likeness (QED) is 0.670. The summed E-state index contributed by atoms with van der Waals surface area (Å²) in [7, 11) is 1.54. The van der Waals surface area contributed by atoms with Gasteiger partial charge in [-0.15, -0.1) is 24.8 Å². The number of amides is 1. The second-order valence-corrected chi connectivity index (χ2v) is 4.88. The van der Waals surface area contributed by atoms with Crippen LogP contribution in [-0.4, -0.2) is 47.0 Å². The molecular formula is C15H23Cl2N5O3. The van der Waals surface area contributed by atoms with Crippen molar-refractivity contribution in [3.63, 3.8) is 0 Å². The van der Waals surface area contributed by atoms with Crippen LogP contribution in [0.2, 0.25) is 0 Å². The van der Waals surface area contributed by atoms with Crippen molar-refractivity contribution in [3.8, 4) is 5.75 Å². The number of nitrogens with one attached hydrogen (secondary N) is 1. The molecule has 1 atom stereocenters. The first-order chi connectivity index (χ1) is 11.2. The van der Waals surface area contributed by atoms with E-state index in [1.54, 1.807) is 23.1 Å². The Hall–Kier alpha value is -1.87. The van der Waals surface area contributed by atoms with Gasteiger partial charge >= 0.3 is 0 Å². The summed E-state index contributed by atoms with van der Waals surface area (Å²) < 4.78 is 12.4. The molecule has 0 aliphatic carbocycles. The van der Waals surface area contributed by atoms with Gasteiger partial charge in [0.2, 0.25) is 5.91 Å². The van der Waals surface area contributed by atoms with Crippen LogP contribution in [0.25, 0.3) is 0 Å². The highest BCUT2D eigenvalue weighted by molar-refractivity contribution is 5.91. The minimum Gasteiger partial charge on any atom is -0.492 e. The van der Waals surface area contributed by atoms with E-state index in [9.17, 15) is 4.79 Å². The molecule has 0 bridgehead atoms. The molecule has 2 rings (SSSR count). The molecule has 8 nitrogen and oxygen atoms in total. The van der Waals surface area contributed by atoms with E-state index in [-0.39, 0.29) is 43.2 Å². The first-order valence-electron chi connectivity index (χ1n) is 7.29. The number of hydrogen-bond donors (Lipinski definition) is 2. The molecule has 3 N–H and O–H groups in total. The average Bonchev–Trinajstić information content (AvgIpc) is 3.06. The largest absolute Gasteiger partial charge is 0.492 e. The third kappa shape index (κ3) is 8.17. The van der Waals surface area contributed by atoms with Crippen molar-refractivity contribution in [1.82, 2.24) is 14.8 Å². The molecule has 0 aliphatic heterocycles. The van der Waals surface area contributed by atoms with Gasteiger partial charge in [-0.05, 0) is 12.1 Å². The van der Waals surface area contributed by atoms with Crippen molar-refractivity contribution in [1.29, 1.82) is 0 Å². The maximum atomic E-state index is 11.9. The van der Waals surface area contributed by atoms with Crippen LogP contribution in [0.3, 0.4) is 0 Å². The van der Waals surface area contributed by atoms with E-state index >= 15 is 0 Å². The molecule has 25 heavy (non-hydrogen) atoms. The van der Waals surface area contributed by atoms with Gasteiger partial charge in [0, 0.05) is 25.4 Å². The Morgan fingerprint density at radius 2 is 2.20 bits per heavy atom. The van der Waals surface area contributed by atoms with E-state index in [0.717, 1.165) is 0 Å². The zero-order chi connectivity index (χ0) is 16.5. The topological polar surface area (TPSA) is 104 Å². The van der Waals surface area contributed by atoms with Gasteiger partial charge in [-0.3, -0.25) is 4.79 Å². The van der Waals surface area contributed by atoms with Crippen molar-refractivity contribution in [2.24, 2.45) is 5.73 Å². The van der Waals surface area contributed by atoms with E-state index in [2.05, 4.69) is 15.4 Å². The molecule has 0 saturated heterocycles. The van der Waals surface area contributed by atoms with Crippen LogP contribution >= 0.6 is 24.8 Å². The first kappa shape index (κ1) is 23.1. The van der Waals surface area contributed by atoms with Gasteiger partial charge in [0.25, 0.3) is 0 Å². The summed E-state index contributed by atoms with van der Waals surface area (Å²) >= 11 is 0. The van der Waals surface area contributed by atoms with Gasteiger partial charge in [-0.2, -0.15) is 5.10 Å². The van der Waals surface area contributed by atoms with Crippen molar-refractivity contribution >= 4 is 36.4 Å². The van der Waals surface area contributed by atoms with Gasteiger partial charge in [-0.1, -0.05) is 6.07 Å². The van der Waals surface area contributed by atoms with Gasteiger partial charge in [0.05, 0.1) is 19.1 Å². The maximum Gasteiger partial charge on any atom is 0.227 e. The summed E-state index contributed by atoms with van der Waals surface area (Å²) in [5.74, 6) is 0.520. The zero-order valence-corrected chi connectivity index (χ0v) is 15.5. The molecular weight excluding hydrogens is 369 g/mol. The number of ether oxygens (including phenoxy) is 2. The fourth-order valence-electron chi connectivity index (χ4n) is 1.95. The summed E-state index contributed by atoms with van der Waals surface area (Å²) in [6.45, 7) is 1.36. The van der Waals surface area contributed by atoms with E-state index in [4.69, 9.17) is 15.2 Å². The van der Waals surface area contributed by atoms with Crippen molar-refractivity contribution in [3.05, 3.63) is 36.9 Å². The fraction of sp³-hybridized carbons (Fsp3) is 0.400. The molecule has 1 aromatic carbocycles. The van der Waals surface area contributed by atoms with Crippen LogP contribution in [0.5, 0.6) is 5.75 Å². The molecule has 1 heterocycles. The van der Waals surface area contributed by atoms with Crippen LogP contribution in [0.1, 0.15) is 6.42 Å². The number of nitrogens with two attached hydrogens (primary N) is 1. The monoisotopic (exact) mass is 391 g/mol. The standard InChI is InChI=1S/C15H21N5O3.2ClH/c1-22-14(9-16)8-15(21)19-12-3-2-4-13(7-12)23-6-5-20-11-17-10-18-20;;/h2-4,7,10-11,14H,5-6,8-9,16H2,1H3,(H,19,21);2*1H. The Morgan fingerprint density at radius 3 is 2.84 bits per heavy atom. The Bertz CT molecular complexity index is 609.